The van der Waals surface area contributed by atoms with E-state index in [0.717, 1.165) is 58.3 Å². The summed E-state index contributed by atoms with van der Waals surface area (Å²) < 4.78 is 5.83. The Morgan fingerprint density at radius 3 is 2.84 bits per heavy atom. The molecule has 0 aliphatic carbocycles. The van der Waals surface area contributed by atoms with Crippen molar-refractivity contribution in [3.05, 3.63) is 0 Å². The summed E-state index contributed by atoms with van der Waals surface area (Å²) in [6, 6.07) is 0.0712. The zero-order valence-electron chi connectivity index (χ0n) is 12.2. The largest absolute Gasteiger partial charge is 0.378 e. The first-order chi connectivity index (χ1) is 9.31. The van der Waals surface area contributed by atoms with Gasteiger partial charge in [0.2, 0.25) is 5.91 Å². The van der Waals surface area contributed by atoms with Crippen molar-refractivity contribution < 1.29 is 9.53 Å². The van der Waals surface area contributed by atoms with Crippen molar-refractivity contribution in [1.82, 2.24) is 10.2 Å². The molecule has 4 heteroatoms. The van der Waals surface area contributed by atoms with Gasteiger partial charge in [0.15, 0.2) is 0 Å². The maximum absolute atomic E-state index is 12.4. The van der Waals surface area contributed by atoms with Crippen molar-refractivity contribution in [3.8, 4) is 0 Å². The topological polar surface area (TPSA) is 41.6 Å². The van der Waals surface area contributed by atoms with Gasteiger partial charge in [-0.05, 0) is 45.1 Å². The van der Waals surface area contributed by atoms with E-state index in [4.69, 9.17) is 4.74 Å². The Balaban J connectivity index is 1.79. The first-order valence-corrected chi connectivity index (χ1v) is 7.95. The van der Waals surface area contributed by atoms with Crippen LogP contribution in [0.25, 0.3) is 0 Å². The maximum atomic E-state index is 12.4. The summed E-state index contributed by atoms with van der Waals surface area (Å²) in [6.07, 6.45) is 8.00. The highest BCUT2D eigenvalue weighted by molar-refractivity contribution is 5.82. The van der Waals surface area contributed by atoms with Gasteiger partial charge in [-0.2, -0.15) is 0 Å². The Hall–Kier alpha value is -0.610. The van der Waals surface area contributed by atoms with E-state index in [-0.39, 0.29) is 6.04 Å². The summed E-state index contributed by atoms with van der Waals surface area (Å²) in [7, 11) is 0. The van der Waals surface area contributed by atoms with E-state index in [9.17, 15) is 4.79 Å². The minimum absolute atomic E-state index is 0.0712. The highest BCUT2D eigenvalue weighted by atomic mass is 16.5. The van der Waals surface area contributed by atoms with Crippen molar-refractivity contribution in [2.45, 2.75) is 64.0 Å². The van der Waals surface area contributed by atoms with E-state index < -0.39 is 0 Å². The fraction of sp³-hybridized carbons (Fsp3) is 0.933. The van der Waals surface area contributed by atoms with Gasteiger partial charge in [-0.1, -0.05) is 13.3 Å². The minimum atomic E-state index is 0.0712. The predicted octanol–water partition coefficient (Wildman–Crippen LogP) is 1.94. The van der Waals surface area contributed by atoms with Crippen LogP contribution >= 0.6 is 0 Å². The van der Waals surface area contributed by atoms with E-state index in [1.165, 1.54) is 12.8 Å². The van der Waals surface area contributed by atoms with Crippen LogP contribution in [0.5, 0.6) is 0 Å². The van der Waals surface area contributed by atoms with Crippen molar-refractivity contribution >= 4 is 5.91 Å². The van der Waals surface area contributed by atoms with Crippen LogP contribution in [0.4, 0.5) is 0 Å². The fourth-order valence-electron chi connectivity index (χ4n) is 3.02. The van der Waals surface area contributed by atoms with Crippen LogP contribution in [-0.4, -0.2) is 49.2 Å². The lowest BCUT2D eigenvalue weighted by Crippen LogP contribution is -2.48. The molecule has 2 rings (SSSR count). The monoisotopic (exact) mass is 268 g/mol. The quantitative estimate of drug-likeness (QED) is 0.847. The third-order valence-corrected chi connectivity index (χ3v) is 4.15. The molecule has 0 bridgehead atoms. The highest BCUT2D eigenvalue weighted by Crippen LogP contribution is 2.17. The molecule has 0 aromatic heterocycles. The molecule has 1 amide bonds. The van der Waals surface area contributed by atoms with Crippen LogP contribution < -0.4 is 5.32 Å². The number of amides is 1. The summed E-state index contributed by atoms with van der Waals surface area (Å²) in [4.78, 5) is 14.5. The van der Waals surface area contributed by atoms with Gasteiger partial charge in [-0.15, -0.1) is 0 Å². The molecule has 2 fully saturated rings. The van der Waals surface area contributed by atoms with Crippen LogP contribution in [0, 0.1) is 0 Å². The fourth-order valence-corrected chi connectivity index (χ4v) is 3.02. The van der Waals surface area contributed by atoms with Gasteiger partial charge in [-0.3, -0.25) is 4.79 Å². The molecule has 0 spiro atoms. The Bertz CT molecular complexity index is 277. The van der Waals surface area contributed by atoms with Crippen molar-refractivity contribution in [3.63, 3.8) is 0 Å². The Morgan fingerprint density at radius 1 is 1.21 bits per heavy atom. The average Bonchev–Trinajstić information content (AvgIpc) is 2.71. The molecular formula is C15H28N2O2. The van der Waals surface area contributed by atoms with Crippen molar-refractivity contribution in [2.24, 2.45) is 0 Å². The van der Waals surface area contributed by atoms with E-state index in [0.29, 0.717) is 12.0 Å². The van der Waals surface area contributed by atoms with Gasteiger partial charge in [0.05, 0.1) is 12.1 Å². The van der Waals surface area contributed by atoms with Gasteiger partial charge in [0.25, 0.3) is 0 Å². The van der Waals surface area contributed by atoms with E-state index in [1.54, 1.807) is 0 Å². The number of carbonyl (C=O) groups excluding carboxylic acids is 1. The van der Waals surface area contributed by atoms with Gasteiger partial charge in [0.1, 0.15) is 0 Å². The summed E-state index contributed by atoms with van der Waals surface area (Å²) in [6.45, 7) is 5.75. The molecule has 0 aromatic carbocycles. The molecule has 19 heavy (non-hydrogen) atoms. The Morgan fingerprint density at radius 2 is 2.11 bits per heavy atom. The molecule has 0 aromatic rings. The second-order valence-electron chi connectivity index (χ2n) is 5.75. The molecule has 2 aliphatic heterocycles. The van der Waals surface area contributed by atoms with E-state index in [1.807, 2.05) is 0 Å². The van der Waals surface area contributed by atoms with Gasteiger partial charge >= 0.3 is 0 Å². The number of nitrogens with one attached hydrogen (secondary N) is 1. The summed E-state index contributed by atoms with van der Waals surface area (Å²) in [5.74, 6) is 0.316. The molecule has 2 aliphatic rings. The molecule has 0 unspecified atom stereocenters. The smallest absolute Gasteiger partial charge is 0.239 e. The molecule has 110 valence electrons. The van der Waals surface area contributed by atoms with Crippen LogP contribution in [0.15, 0.2) is 0 Å². The number of hydrogen-bond acceptors (Lipinski definition) is 3. The second kappa shape index (κ2) is 7.85. The number of nitrogens with zero attached hydrogens (tertiary/aromatic N) is 1. The molecule has 2 heterocycles. The summed E-state index contributed by atoms with van der Waals surface area (Å²) in [5.41, 5.74) is 0. The van der Waals surface area contributed by atoms with Crippen LogP contribution in [0.2, 0.25) is 0 Å². The van der Waals surface area contributed by atoms with Crippen molar-refractivity contribution in [2.75, 3.05) is 26.2 Å². The third-order valence-electron chi connectivity index (χ3n) is 4.15. The van der Waals surface area contributed by atoms with E-state index in [2.05, 4.69) is 17.1 Å². The van der Waals surface area contributed by atoms with Crippen molar-refractivity contribution in [1.29, 1.82) is 0 Å². The predicted molar refractivity (Wildman–Crippen MR) is 76.1 cm³/mol. The molecule has 0 saturated carbocycles. The minimum Gasteiger partial charge on any atom is -0.378 e. The lowest BCUT2D eigenvalue weighted by Gasteiger charge is -2.29. The number of ether oxygens (including phenoxy) is 1. The zero-order chi connectivity index (χ0) is 13.5. The van der Waals surface area contributed by atoms with E-state index >= 15 is 0 Å². The third kappa shape index (κ3) is 4.46. The normalized spacial score (nSPS) is 29.0. The Kier molecular flexibility index (Phi) is 6.11. The number of piperidine rings is 1. The second-order valence-corrected chi connectivity index (χ2v) is 5.75. The van der Waals surface area contributed by atoms with Gasteiger partial charge in [-0.25, -0.2) is 0 Å². The standard InChI is InChI=1S/C15H28N2O2/c1-2-12-19-13-6-5-10-17(11-8-13)15(18)14-7-3-4-9-16-14/h13-14,16H,2-12H2,1H3/t13-,14+/m0/s1. The molecule has 4 nitrogen and oxygen atoms in total. The summed E-state index contributed by atoms with van der Waals surface area (Å²) in [5, 5.41) is 3.36. The number of hydrogen-bond donors (Lipinski definition) is 1. The average molecular weight is 268 g/mol. The number of likely N-dealkylation sites (tertiary alicyclic amines) is 1. The first-order valence-electron chi connectivity index (χ1n) is 7.95. The molecule has 2 atom stereocenters. The highest BCUT2D eigenvalue weighted by Gasteiger charge is 2.27. The van der Waals surface area contributed by atoms with Gasteiger partial charge < -0.3 is 15.0 Å². The molecule has 1 N–H and O–H groups in total. The lowest BCUT2D eigenvalue weighted by molar-refractivity contribution is -0.134. The number of rotatable bonds is 4. The number of carbonyl (C=O) groups is 1. The van der Waals surface area contributed by atoms with Crippen LogP contribution in [-0.2, 0) is 9.53 Å². The summed E-state index contributed by atoms with van der Waals surface area (Å²) >= 11 is 0. The first kappa shape index (κ1) is 14.8. The SMILES string of the molecule is CCCO[C@H]1CCCN(C(=O)[C@H]2CCCCN2)CC1. The Labute approximate surface area is 116 Å². The zero-order valence-corrected chi connectivity index (χ0v) is 12.2. The van der Waals surface area contributed by atoms with Gasteiger partial charge in [0, 0.05) is 19.7 Å². The molecule has 2 saturated heterocycles. The lowest BCUT2D eigenvalue weighted by atomic mass is 10.0. The van der Waals surface area contributed by atoms with Crippen LogP contribution in [0.1, 0.15) is 51.9 Å². The van der Waals surface area contributed by atoms with Crippen LogP contribution in [0.3, 0.4) is 0 Å². The molecule has 0 radical (unpaired) electrons. The molecular weight excluding hydrogens is 240 g/mol. The maximum Gasteiger partial charge on any atom is 0.239 e.